The third kappa shape index (κ3) is 31.0. The highest BCUT2D eigenvalue weighted by atomic mass is 16.8. The van der Waals surface area contributed by atoms with Crippen LogP contribution in [0.15, 0.2) is 97.2 Å². The summed E-state index contributed by atoms with van der Waals surface area (Å²) in [6.07, 6.45) is 35.2. The van der Waals surface area contributed by atoms with E-state index in [-0.39, 0.29) is 18.9 Å². The Balaban J connectivity index is 1.51. The Morgan fingerprint density at radius 2 is 0.814 bits per heavy atom. The van der Waals surface area contributed by atoms with Gasteiger partial charge in [0.05, 0.1) is 38.6 Å². The average molecular weight is 1220 g/mol. The van der Waals surface area contributed by atoms with Gasteiger partial charge in [-0.05, 0) is 89.9 Å². The van der Waals surface area contributed by atoms with Gasteiger partial charge in [-0.1, -0.05) is 188 Å². The van der Waals surface area contributed by atoms with Crippen LogP contribution < -0.4 is 5.32 Å². The Morgan fingerprint density at radius 1 is 0.430 bits per heavy atom. The molecule has 3 fully saturated rings. The number of rotatable bonds is 47. The van der Waals surface area contributed by atoms with E-state index in [0.29, 0.717) is 12.8 Å². The second-order valence-electron chi connectivity index (χ2n) is 22.8. The molecule has 0 bridgehead atoms. The van der Waals surface area contributed by atoms with Crippen LogP contribution in [0.2, 0.25) is 0 Å². The first kappa shape index (κ1) is 77.0. The van der Waals surface area contributed by atoms with E-state index >= 15 is 0 Å². The van der Waals surface area contributed by atoms with Gasteiger partial charge in [-0.2, -0.15) is 0 Å². The lowest BCUT2D eigenvalue weighted by molar-refractivity contribution is -0.379. The summed E-state index contributed by atoms with van der Waals surface area (Å²) in [5.41, 5.74) is 0. The van der Waals surface area contributed by atoms with E-state index in [0.717, 1.165) is 89.9 Å². The maximum Gasteiger partial charge on any atom is 0.220 e. The van der Waals surface area contributed by atoms with Gasteiger partial charge in [0, 0.05) is 6.42 Å². The highest BCUT2D eigenvalue weighted by Gasteiger charge is 2.53. The van der Waals surface area contributed by atoms with Crippen molar-refractivity contribution in [3.05, 3.63) is 97.2 Å². The largest absolute Gasteiger partial charge is 0.394 e. The number of nitrogens with one attached hydrogen (secondary N) is 1. The summed E-state index contributed by atoms with van der Waals surface area (Å²) in [5, 5.41) is 120. The van der Waals surface area contributed by atoms with E-state index in [2.05, 4.69) is 104 Å². The van der Waals surface area contributed by atoms with Crippen LogP contribution in [0.1, 0.15) is 187 Å². The standard InChI is InChI=1S/C67H113NO18/c1-3-5-7-9-11-13-15-17-19-21-23-25-27-29-31-33-35-37-39-41-43-45-55(73)68-50(51(72)44-42-40-38-36-34-32-30-28-26-24-22-20-18-16-14-12-10-8-6-4-2)49-81-65-61(79)58(76)63(53(47-70)83-65)86-67-62(80)59(77)64(54(48-71)84-67)85-66-60(78)57(75)56(74)52(46-69)82-66/h5,7,11,13,17,19,23,25-26,28-29,31,34,36,42,44,50-54,56-67,69-72,74-80H,3-4,6,8-10,12,14-16,18,20-22,24,27,30,32-33,35,37-41,43,45-49H2,1-2H3,(H,68,73)/b7-5-,13-11-,19-17-,25-23-,28-26+,31-29-,36-34+,44-42+. The normalized spacial score (nSPS) is 29.4. The Morgan fingerprint density at radius 3 is 1.30 bits per heavy atom. The topological polar surface area (TPSA) is 307 Å². The van der Waals surface area contributed by atoms with Crippen molar-refractivity contribution in [3.8, 4) is 0 Å². The van der Waals surface area contributed by atoms with Gasteiger partial charge in [0.15, 0.2) is 18.9 Å². The summed E-state index contributed by atoms with van der Waals surface area (Å²) >= 11 is 0. The molecule has 3 aliphatic heterocycles. The molecular weight excluding hydrogens is 1110 g/mol. The van der Waals surface area contributed by atoms with Crippen molar-refractivity contribution < 1.29 is 89.4 Å². The summed E-state index contributed by atoms with van der Waals surface area (Å²) in [5.74, 6) is -0.313. The van der Waals surface area contributed by atoms with Gasteiger partial charge < -0.3 is 89.9 Å². The molecule has 0 aromatic carbocycles. The van der Waals surface area contributed by atoms with Crippen LogP contribution in [0.3, 0.4) is 0 Å². The van der Waals surface area contributed by atoms with Gasteiger partial charge in [-0.15, -0.1) is 0 Å². The van der Waals surface area contributed by atoms with Crippen molar-refractivity contribution in [2.45, 2.75) is 291 Å². The number of unbranched alkanes of at least 4 members (excludes halogenated alkanes) is 17. The Labute approximate surface area is 513 Å². The van der Waals surface area contributed by atoms with Gasteiger partial charge in [0.1, 0.15) is 73.2 Å². The van der Waals surface area contributed by atoms with E-state index in [1.165, 1.54) is 64.2 Å². The van der Waals surface area contributed by atoms with Gasteiger partial charge >= 0.3 is 0 Å². The summed E-state index contributed by atoms with van der Waals surface area (Å²) in [4.78, 5) is 13.4. The van der Waals surface area contributed by atoms with Crippen LogP contribution in [0.5, 0.6) is 0 Å². The maximum atomic E-state index is 13.4. The van der Waals surface area contributed by atoms with Gasteiger partial charge in [-0.3, -0.25) is 4.79 Å². The van der Waals surface area contributed by atoms with Crippen LogP contribution >= 0.6 is 0 Å². The lowest BCUT2D eigenvalue weighted by atomic mass is 9.96. The van der Waals surface area contributed by atoms with Crippen molar-refractivity contribution in [2.24, 2.45) is 0 Å². The fraction of sp³-hybridized carbons (Fsp3) is 0.746. The minimum Gasteiger partial charge on any atom is -0.394 e. The molecule has 0 aromatic heterocycles. The molecule has 1 amide bonds. The van der Waals surface area contributed by atoms with Gasteiger partial charge in [0.25, 0.3) is 0 Å². The van der Waals surface area contributed by atoms with Gasteiger partial charge in [0.2, 0.25) is 5.91 Å². The Kier molecular flexibility index (Phi) is 43.4. The molecule has 17 unspecified atom stereocenters. The number of aliphatic hydroxyl groups excluding tert-OH is 11. The molecule has 0 spiro atoms. The first-order valence-corrected chi connectivity index (χ1v) is 32.5. The first-order valence-electron chi connectivity index (χ1n) is 32.5. The predicted octanol–water partition coefficient (Wildman–Crippen LogP) is 7.32. The lowest BCUT2D eigenvalue weighted by Gasteiger charge is -2.48. The number of ether oxygens (including phenoxy) is 6. The number of carbonyl (C=O) groups excluding carboxylic acids is 1. The lowest BCUT2D eigenvalue weighted by Crippen LogP contribution is -2.66. The molecule has 0 radical (unpaired) electrons. The fourth-order valence-corrected chi connectivity index (χ4v) is 10.3. The van der Waals surface area contributed by atoms with E-state index in [1.54, 1.807) is 6.08 Å². The molecule has 19 heteroatoms. The number of hydrogen-bond donors (Lipinski definition) is 12. The quantitative estimate of drug-likeness (QED) is 0.0210. The van der Waals surface area contributed by atoms with Crippen LogP contribution in [-0.4, -0.2) is 193 Å². The van der Waals surface area contributed by atoms with Crippen LogP contribution in [-0.2, 0) is 33.2 Å². The summed E-state index contributed by atoms with van der Waals surface area (Å²) in [6.45, 7) is 1.55. The molecule has 19 nitrogen and oxygen atoms in total. The van der Waals surface area contributed by atoms with Crippen LogP contribution in [0, 0.1) is 0 Å². The molecule has 3 saturated heterocycles. The molecule has 0 aromatic rings. The SMILES string of the molecule is CC/C=C\C/C=C\C/C=C\C/C=C\C/C=C\CCCCCCCC(=O)NC(COC1OC(CO)C(OC2OC(CO)C(OC3OC(CO)C(O)C(O)C3O)C(O)C2O)C(O)C1O)C(O)/C=C/CC/C=C/CC/C=C/CCCCCCCCCCCC. The highest BCUT2D eigenvalue weighted by molar-refractivity contribution is 5.76. The van der Waals surface area contributed by atoms with Crippen LogP contribution in [0.25, 0.3) is 0 Å². The van der Waals surface area contributed by atoms with E-state index in [4.69, 9.17) is 28.4 Å². The zero-order valence-electron chi connectivity index (χ0n) is 51.7. The zero-order chi connectivity index (χ0) is 62.6. The fourth-order valence-electron chi connectivity index (χ4n) is 10.3. The number of hydrogen-bond acceptors (Lipinski definition) is 18. The third-order valence-electron chi connectivity index (χ3n) is 15.6. The molecule has 494 valence electrons. The van der Waals surface area contributed by atoms with Crippen LogP contribution in [0.4, 0.5) is 0 Å². The van der Waals surface area contributed by atoms with Crippen molar-refractivity contribution in [3.63, 3.8) is 0 Å². The van der Waals surface area contributed by atoms with Gasteiger partial charge in [-0.25, -0.2) is 0 Å². The first-order chi connectivity index (χ1) is 41.8. The molecule has 17 atom stereocenters. The second-order valence-corrected chi connectivity index (χ2v) is 22.8. The minimum absolute atomic E-state index is 0.204. The molecule has 0 aliphatic carbocycles. The summed E-state index contributed by atoms with van der Waals surface area (Å²) in [6, 6.07) is -1.01. The zero-order valence-corrected chi connectivity index (χ0v) is 51.7. The van der Waals surface area contributed by atoms with Crippen molar-refractivity contribution in [1.82, 2.24) is 5.32 Å². The second kappa shape index (κ2) is 48.5. The summed E-state index contributed by atoms with van der Waals surface area (Å²) in [7, 11) is 0. The van der Waals surface area contributed by atoms with E-state index in [9.17, 15) is 61.0 Å². The van der Waals surface area contributed by atoms with E-state index in [1.807, 2.05) is 6.08 Å². The molecule has 3 rings (SSSR count). The van der Waals surface area contributed by atoms with Crippen molar-refractivity contribution in [1.29, 1.82) is 0 Å². The molecule has 86 heavy (non-hydrogen) atoms. The van der Waals surface area contributed by atoms with Crippen molar-refractivity contribution >= 4 is 5.91 Å². The summed E-state index contributed by atoms with van der Waals surface area (Å²) < 4.78 is 34.3. The average Bonchev–Trinajstić information content (AvgIpc) is 2.21. The molecule has 3 aliphatic rings. The maximum absolute atomic E-state index is 13.4. The number of aliphatic hydroxyl groups is 11. The van der Waals surface area contributed by atoms with Crippen molar-refractivity contribution in [2.75, 3.05) is 26.4 Å². The molecule has 3 heterocycles. The Hall–Kier alpha value is -3.29. The third-order valence-corrected chi connectivity index (χ3v) is 15.6. The number of amides is 1. The smallest absolute Gasteiger partial charge is 0.220 e. The monoisotopic (exact) mass is 1220 g/mol. The molecule has 0 saturated carbocycles. The number of allylic oxidation sites excluding steroid dienone is 15. The highest BCUT2D eigenvalue weighted by Crippen LogP contribution is 2.33. The molecular formula is C67H113NO18. The Bertz CT molecular complexity index is 1940. The predicted molar refractivity (Wildman–Crippen MR) is 332 cm³/mol. The minimum atomic E-state index is -1.99. The van der Waals surface area contributed by atoms with E-state index < -0.39 is 124 Å². The number of carbonyl (C=O) groups is 1. The molecule has 12 N–H and O–H groups in total.